The number of carbonyl (C=O) groups excluding carboxylic acids is 2. The average Bonchev–Trinajstić information content (AvgIpc) is 2.43. The summed E-state index contributed by atoms with van der Waals surface area (Å²) < 4.78 is 10.5. The van der Waals surface area contributed by atoms with E-state index in [0.29, 0.717) is 10.0 Å². The third-order valence-corrected chi connectivity index (χ3v) is 3.35. The zero-order chi connectivity index (χ0) is 18.5. The van der Waals surface area contributed by atoms with Crippen LogP contribution in [0.2, 0.25) is 0 Å². The molecule has 0 radical (unpaired) electrons. The molecule has 3 N–H and O–H groups in total. The molecule has 132 valence electrons. The number of esters is 1. The van der Waals surface area contributed by atoms with Crippen LogP contribution in [-0.4, -0.2) is 48.0 Å². The Hall–Kier alpha value is -1.58. The summed E-state index contributed by atoms with van der Waals surface area (Å²) in [7, 11) is -0.424. The first kappa shape index (κ1) is 20.5. The second kappa shape index (κ2) is 8.50. The van der Waals surface area contributed by atoms with Crippen LogP contribution in [0.15, 0.2) is 22.7 Å². The lowest BCUT2D eigenvalue weighted by atomic mass is 9.79. The highest BCUT2D eigenvalue weighted by Crippen LogP contribution is 2.14. The average molecular weight is 402 g/mol. The predicted molar refractivity (Wildman–Crippen MR) is 92.8 cm³/mol. The molecule has 1 aromatic rings. The highest BCUT2D eigenvalue weighted by atomic mass is 79.9. The van der Waals surface area contributed by atoms with E-state index >= 15 is 0 Å². The zero-order valence-corrected chi connectivity index (χ0v) is 15.6. The van der Waals surface area contributed by atoms with Gasteiger partial charge in [-0.05, 0) is 43.9 Å². The molecule has 1 aromatic carbocycles. The van der Waals surface area contributed by atoms with Gasteiger partial charge in [0.1, 0.15) is 11.6 Å². The second-order valence-electron chi connectivity index (χ2n) is 6.19. The number of halogens is 1. The maximum absolute atomic E-state index is 11.9. The monoisotopic (exact) mass is 401 g/mol. The SMILES string of the molecule is COC(=O)[C@H](Cc1cc(Br)cc(B(O)O)c1)NC(=O)OC(C)(C)C. The zero-order valence-electron chi connectivity index (χ0n) is 14.0. The number of rotatable bonds is 5. The minimum atomic E-state index is -1.64. The maximum Gasteiger partial charge on any atom is 0.488 e. The minimum Gasteiger partial charge on any atom is -0.467 e. The summed E-state index contributed by atoms with van der Waals surface area (Å²) in [5.74, 6) is -0.632. The van der Waals surface area contributed by atoms with E-state index in [9.17, 15) is 19.6 Å². The molecular weight excluding hydrogens is 381 g/mol. The third kappa shape index (κ3) is 6.90. The van der Waals surface area contributed by atoms with Crippen molar-refractivity contribution in [2.45, 2.75) is 38.8 Å². The summed E-state index contributed by atoms with van der Waals surface area (Å²) >= 11 is 3.27. The van der Waals surface area contributed by atoms with Crippen LogP contribution < -0.4 is 10.8 Å². The fourth-order valence-electron chi connectivity index (χ4n) is 1.96. The lowest BCUT2D eigenvalue weighted by Gasteiger charge is -2.22. The summed E-state index contributed by atoms with van der Waals surface area (Å²) in [6.45, 7) is 5.13. The number of hydrogen-bond donors (Lipinski definition) is 3. The van der Waals surface area contributed by atoms with Crippen LogP contribution in [0, 0.1) is 0 Å². The number of benzene rings is 1. The van der Waals surface area contributed by atoms with Gasteiger partial charge in [0.25, 0.3) is 0 Å². The van der Waals surface area contributed by atoms with Gasteiger partial charge in [0, 0.05) is 10.9 Å². The molecule has 0 bridgehead atoms. The Morgan fingerprint density at radius 3 is 2.42 bits per heavy atom. The Labute approximate surface area is 149 Å². The van der Waals surface area contributed by atoms with E-state index in [0.717, 1.165) is 0 Å². The summed E-state index contributed by atoms with van der Waals surface area (Å²) in [5, 5.41) is 21.0. The Morgan fingerprint density at radius 2 is 1.92 bits per heavy atom. The molecule has 0 saturated heterocycles. The summed E-state index contributed by atoms with van der Waals surface area (Å²) in [4.78, 5) is 23.8. The van der Waals surface area contributed by atoms with Gasteiger partial charge in [-0.1, -0.05) is 22.0 Å². The first-order chi connectivity index (χ1) is 11.0. The molecule has 1 atom stereocenters. The van der Waals surface area contributed by atoms with Gasteiger partial charge in [0.05, 0.1) is 7.11 Å². The molecule has 0 aliphatic rings. The first-order valence-corrected chi connectivity index (χ1v) is 8.04. The lowest BCUT2D eigenvalue weighted by Crippen LogP contribution is -2.45. The molecule has 0 saturated carbocycles. The van der Waals surface area contributed by atoms with Gasteiger partial charge in [-0.15, -0.1) is 0 Å². The Balaban J connectivity index is 2.95. The molecule has 0 unspecified atom stereocenters. The molecule has 1 amide bonds. The van der Waals surface area contributed by atoms with Gasteiger partial charge in [-0.2, -0.15) is 0 Å². The molecule has 0 aliphatic carbocycles. The van der Waals surface area contributed by atoms with Gasteiger partial charge in [-0.25, -0.2) is 9.59 Å². The summed E-state index contributed by atoms with van der Waals surface area (Å²) in [6.07, 6.45) is -0.638. The number of alkyl carbamates (subject to hydrolysis) is 1. The molecular formula is C15H21BBrNO6. The van der Waals surface area contributed by atoms with Crippen molar-refractivity contribution in [3.63, 3.8) is 0 Å². The van der Waals surface area contributed by atoms with Crippen LogP contribution in [0.3, 0.4) is 0 Å². The molecule has 0 heterocycles. The Morgan fingerprint density at radius 1 is 1.29 bits per heavy atom. The van der Waals surface area contributed by atoms with Crippen molar-refractivity contribution in [3.05, 3.63) is 28.2 Å². The second-order valence-corrected chi connectivity index (χ2v) is 7.11. The van der Waals surface area contributed by atoms with Crippen molar-refractivity contribution < 1.29 is 29.1 Å². The number of hydrogen-bond acceptors (Lipinski definition) is 6. The van der Waals surface area contributed by atoms with Crippen LogP contribution in [-0.2, 0) is 20.7 Å². The molecule has 0 aromatic heterocycles. The molecule has 0 aliphatic heterocycles. The highest BCUT2D eigenvalue weighted by molar-refractivity contribution is 9.10. The van der Waals surface area contributed by atoms with E-state index in [1.807, 2.05) is 0 Å². The smallest absolute Gasteiger partial charge is 0.467 e. The normalized spacial score (nSPS) is 12.3. The van der Waals surface area contributed by atoms with Gasteiger partial charge in [0.2, 0.25) is 0 Å². The fraction of sp³-hybridized carbons (Fsp3) is 0.467. The van der Waals surface area contributed by atoms with E-state index in [2.05, 4.69) is 21.2 Å². The maximum atomic E-state index is 11.9. The van der Waals surface area contributed by atoms with Gasteiger partial charge in [0.15, 0.2) is 0 Å². The van der Waals surface area contributed by atoms with E-state index in [1.54, 1.807) is 32.9 Å². The standard InChI is InChI=1S/C15H21BBrNO6/c1-15(2,3)24-14(20)18-12(13(19)23-4)7-9-5-10(16(21)22)8-11(17)6-9/h5-6,8,12,21-22H,7H2,1-4H3,(H,18,20)/t12-/m0/s1. The largest absolute Gasteiger partial charge is 0.488 e. The number of carbonyl (C=O) groups is 2. The van der Waals surface area contributed by atoms with Crippen LogP contribution in [0.5, 0.6) is 0 Å². The topological polar surface area (TPSA) is 105 Å². The van der Waals surface area contributed by atoms with Crippen molar-refractivity contribution in [1.82, 2.24) is 5.32 Å². The van der Waals surface area contributed by atoms with Crippen LogP contribution in [0.25, 0.3) is 0 Å². The Bertz CT molecular complexity index is 602. The molecule has 24 heavy (non-hydrogen) atoms. The summed E-state index contributed by atoms with van der Waals surface area (Å²) in [5.41, 5.74) is 0.175. The number of amides is 1. The van der Waals surface area contributed by atoms with Crippen molar-refractivity contribution >= 4 is 40.6 Å². The van der Waals surface area contributed by atoms with E-state index in [-0.39, 0.29) is 11.9 Å². The Kier molecular flexibility index (Phi) is 7.25. The van der Waals surface area contributed by atoms with Crippen LogP contribution in [0.1, 0.15) is 26.3 Å². The van der Waals surface area contributed by atoms with E-state index in [1.165, 1.54) is 13.2 Å². The molecule has 9 heteroatoms. The van der Waals surface area contributed by atoms with Gasteiger partial charge >= 0.3 is 19.2 Å². The van der Waals surface area contributed by atoms with Crippen LogP contribution >= 0.6 is 15.9 Å². The predicted octanol–water partition coefficient (Wildman–Crippen LogP) is 0.738. The van der Waals surface area contributed by atoms with Crippen molar-refractivity contribution in [1.29, 1.82) is 0 Å². The first-order valence-electron chi connectivity index (χ1n) is 7.24. The third-order valence-electron chi connectivity index (χ3n) is 2.89. The highest BCUT2D eigenvalue weighted by Gasteiger charge is 2.26. The van der Waals surface area contributed by atoms with Gasteiger partial charge in [-0.3, -0.25) is 0 Å². The number of nitrogens with one attached hydrogen (secondary N) is 1. The van der Waals surface area contributed by atoms with Crippen molar-refractivity contribution in [3.8, 4) is 0 Å². The quantitative estimate of drug-likeness (QED) is 0.496. The molecule has 7 nitrogen and oxygen atoms in total. The molecule has 0 spiro atoms. The fourth-order valence-corrected chi connectivity index (χ4v) is 2.52. The van der Waals surface area contributed by atoms with Crippen molar-refractivity contribution in [2.24, 2.45) is 0 Å². The van der Waals surface area contributed by atoms with E-state index in [4.69, 9.17) is 9.47 Å². The molecule has 1 rings (SSSR count). The van der Waals surface area contributed by atoms with Gasteiger partial charge < -0.3 is 24.8 Å². The number of ether oxygens (including phenoxy) is 2. The lowest BCUT2D eigenvalue weighted by molar-refractivity contribution is -0.143. The van der Waals surface area contributed by atoms with E-state index < -0.39 is 30.8 Å². The van der Waals surface area contributed by atoms with Crippen LogP contribution in [0.4, 0.5) is 4.79 Å². The van der Waals surface area contributed by atoms with Crippen molar-refractivity contribution in [2.75, 3.05) is 7.11 Å². The number of methoxy groups -OCH3 is 1. The molecule has 0 fully saturated rings. The summed E-state index contributed by atoms with van der Waals surface area (Å²) in [6, 6.07) is 3.81. The minimum absolute atomic E-state index is 0.102.